The van der Waals surface area contributed by atoms with Gasteiger partial charge >= 0.3 is 0 Å². The summed E-state index contributed by atoms with van der Waals surface area (Å²) >= 11 is 6.54. The number of piperazine rings is 1. The predicted molar refractivity (Wildman–Crippen MR) is 95.2 cm³/mol. The lowest BCUT2D eigenvalue weighted by Crippen LogP contribution is -2.48. The van der Waals surface area contributed by atoms with Crippen molar-refractivity contribution in [3.8, 4) is 0 Å². The Hall–Kier alpha value is -0.830. The second-order valence-electron chi connectivity index (χ2n) is 4.93. The van der Waals surface area contributed by atoms with Crippen molar-refractivity contribution in [2.24, 2.45) is 0 Å². The summed E-state index contributed by atoms with van der Waals surface area (Å²) < 4.78 is 30.3. The van der Waals surface area contributed by atoms with Crippen molar-refractivity contribution < 1.29 is 13.2 Å². The molecule has 8 heteroatoms. The molecule has 0 N–H and O–H groups in total. The van der Waals surface area contributed by atoms with Crippen LogP contribution in [-0.4, -0.2) is 56.1 Å². The van der Waals surface area contributed by atoms with E-state index in [2.05, 4.69) is 4.90 Å². The molecule has 1 aliphatic heterocycles. The SMILES string of the molecule is CCOC(=S)Sc1ccc(N2CCN(S(C)(=O)=O)CC2)cc1. The molecule has 2 rings (SSSR count). The molecule has 0 amide bonds. The third kappa shape index (κ3) is 4.84. The predicted octanol–water partition coefficient (Wildman–Crippen LogP) is 2.18. The summed E-state index contributed by atoms with van der Waals surface area (Å²) in [6.07, 6.45) is 1.26. The first-order valence-electron chi connectivity index (χ1n) is 7.05. The smallest absolute Gasteiger partial charge is 0.224 e. The van der Waals surface area contributed by atoms with Gasteiger partial charge in [-0.1, -0.05) is 0 Å². The largest absolute Gasteiger partial charge is 0.479 e. The molecule has 1 fully saturated rings. The minimum atomic E-state index is -3.08. The van der Waals surface area contributed by atoms with Gasteiger partial charge in [0.1, 0.15) is 0 Å². The van der Waals surface area contributed by atoms with Crippen molar-refractivity contribution in [2.75, 3.05) is 43.9 Å². The minimum Gasteiger partial charge on any atom is -0.479 e. The molecule has 1 aromatic rings. The molecule has 0 unspecified atom stereocenters. The average Bonchev–Trinajstić information content (AvgIpc) is 2.47. The minimum absolute atomic E-state index is 0.525. The number of ether oxygens (including phenoxy) is 1. The van der Waals surface area contributed by atoms with Gasteiger partial charge in [0.05, 0.1) is 12.9 Å². The fourth-order valence-electron chi connectivity index (χ4n) is 2.25. The van der Waals surface area contributed by atoms with Crippen molar-refractivity contribution in [2.45, 2.75) is 11.8 Å². The van der Waals surface area contributed by atoms with Crippen LogP contribution in [-0.2, 0) is 14.8 Å². The molecule has 0 aliphatic carbocycles. The van der Waals surface area contributed by atoms with Gasteiger partial charge in [-0.05, 0) is 55.2 Å². The quantitative estimate of drug-likeness (QED) is 0.606. The summed E-state index contributed by atoms with van der Waals surface area (Å²) in [7, 11) is -3.08. The van der Waals surface area contributed by atoms with Gasteiger partial charge in [-0.2, -0.15) is 4.31 Å². The summed E-state index contributed by atoms with van der Waals surface area (Å²) in [4.78, 5) is 3.23. The third-order valence-electron chi connectivity index (χ3n) is 3.37. The highest BCUT2D eigenvalue weighted by Crippen LogP contribution is 2.25. The normalized spacial score (nSPS) is 16.5. The number of thiocarbonyl (C=S) groups is 1. The highest BCUT2D eigenvalue weighted by Gasteiger charge is 2.23. The van der Waals surface area contributed by atoms with Crippen molar-refractivity contribution in [3.63, 3.8) is 0 Å². The van der Waals surface area contributed by atoms with Crippen molar-refractivity contribution in [1.82, 2.24) is 4.31 Å². The summed E-state index contributed by atoms with van der Waals surface area (Å²) in [5, 5.41) is 0. The maximum absolute atomic E-state index is 11.5. The Morgan fingerprint density at radius 1 is 1.23 bits per heavy atom. The summed E-state index contributed by atoms with van der Waals surface area (Å²) in [6.45, 7) is 4.96. The van der Waals surface area contributed by atoms with Crippen LogP contribution >= 0.6 is 24.0 Å². The first-order valence-corrected chi connectivity index (χ1v) is 10.1. The highest BCUT2D eigenvalue weighted by molar-refractivity contribution is 8.22. The van der Waals surface area contributed by atoms with E-state index in [1.165, 1.54) is 22.3 Å². The monoisotopic (exact) mass is 360 g/mol. The van der Waals surface area contributed by atoms with Gasteiger partial charge in [-0.3, -0.25) is 0 Å². The van der Waals surface area contributed by atoms with E-state index in [4.69, 9.17) is 17.0 Å². The number of hydrogen-bond acceptors (Lipinski definition) is 6. The zero-order chi connectivity index (χ0) is 16.2. The van der Waals surface area contributed by atoms with Crippen LogP contribution in [0.4, 0.5) is 5.69 Å². The molecule has 122 valence electrons. The van der Waals surface area contributed by atoms with Crippen LogP contribution in [0.15, 0.2) is 29.2 Å². The van der Waals surface area contributed by atoms with Crippen LogP contribution in [0.3, 0.4) is 0 Å². The summed E-state index contributed by atoms with van der Waals surface area (Å²) in [5.74, 6) is 0. The number of benzene rings is 1. The fraction of sp³-hybridized carbons (Fsp3) is 0.500. The Bertz CT molecular complexity index is 609. The van der Waals surface area contributed by atoms with Crippen LogP contribution in [0.5, 0.6) is 0 Å². The number of hydrogen-bond donors (Lipinski definition) is 0. The maximum atomic E-state index is 11.5. The standard InChI is InChI=1S/C14H20N2O3S3/c1-3-19-14(20)21-13-6-4-12(5-7-13)15-8-10-16(11-9-15)22(2,17)18/h4-7H,3,8-11H2,1-2H3. The molecular formula is C14H20N2O3S3. The zero-order valence-electron chi connectivity index (χ0n) is 12.7. The van der Waals surface area contributed by atoms with Crippen LogP contribution in [0.2, 0.25) is 0 Å². The lowest BCUT2D eigenvalue weighted by atomic mass is 10.2. The molecule has 1 heterocycles. The van der Waals surface area contributed by atoms with Gasteiger partial charge in [-0.15, -0.1) is 0 Å². The third-order valence-corrected chi connectivity index (χ3v) is 5.84. The molecule has 1 saturated heterocycles. The van der Waals surface area contributed by atoms with Crippen LogP contribution in [0.1, 0.15) is 6.92 Å². The Labute approximate surface area is 141 Å². The van der Waals surface area contributed by atoms with Crippen molar-refractivity contribution >= 4 is 44.1 Å². The second-order valence-corrected chi connectivity index (χ2v) is 8.59. The lowest BCUT2D eigenvalue weighted by Gasteiger charge is -2.34. The number of nitrogens with zero attached hydrogens (tertiary/aromatic N) is 2. The second kappa shape index (κ2) is 7.63. The molecule has 0 bridgehead atoms. The van der Waals surface area contributed by atoms with Crippen molar-refractivity contribution in [1.29, 1.82) is 0 Å². The maximum Gasteiger partial charge on any atom is 0.224 e. The first-order chi connectivity index (χ1) is 10.4. The van der Waals surface area contributed by atoms with Crippen molar-refractivity contribution in [3.05, 3.63) is 24.3 Å². The number of anilines is 1. The fourth-order valence-corrected chi connectivity index (χ4v) is 4.12. The van der Waals surface area contributed by atoms with Crippen LogP contribution < -0.4 is 4.90 Å². The Balaban J connectivity index is 1.93. The number of rotatable bonds is 4. The number of sulfonamides is 1. The molecule has 1 aromatic carbocycles. The molecule has 0 atom stereocenters. The molecule has 5 nitrogen and oxygen atoms in total. The molecular weight excluding hydrogens is 340 g/mol. The van der Waals surface area contributed by atoms with E-state index in [-0.39, 0.29) is 0 Å². The first kappa shape index (κ1) is 17.5. The Kier molecular flexibility index (Phi) is 6.08. The Morgan fingerprint density at radius 3 is 2.32 bits per heavy atom. The molecule has 22 heavy (non-hydrogen) atoms. The van der Waals surface area contributed by atoms with E-state index < -0.39 is 10.0 Å². The highest BCUT2D eigenvalue weighted by atomic mass is 32.2. The van der Waals surface area contributed by atoms with E-state index >= 15 is 0 Å². The van der Waals surface area contributed by atoms with E-state index in [0.29, 0.717) is 37.2 Å². The van der Waals surface area contributed by atoms with Gasteiger partial charge in [0.25, 0.3) is 0 Å². The molecule has 0 spiro atoms. The van der Waals surface area contributed by atoms with Gasteiger partial charge < -0.3 is 9.64 Å². The number of thioether (sulfide) groups is 1. The van der Waals surface area contributed by atoms with Gasteiger partial charge in [0, 0.05) is 36.8 Å². The average molecular weight is 361 g/mol. The molecule has 1 aliphatic rings. The molecule has 0 radical (unpaired) electrons. The van der Waals surface area contributed by atoms with E-state index in [1.54, 1.807) is 0 Å². The van der Waals surface area contributed by atoms with E-state index in [9.17, 15) is 8.42 Å². The Morgan fingerprint density at radius 2 is 1.82 bits per heavy atom. The van der Waals surface area contributed by atoms with Crippen LogP contribution in [0, 0.1) is 0 Å². The summed E-state index contributed by atoms with van der Waals surface area (Å²) in [5.41, 5.74) is 1.10. The molecule has 0 aromatic heterocycles. The topological polar surface area (TPSA) is 49.9 Å². The van der Waals surface area contributed by atoms with Crippen LogP contribution in [0.25, 0.3) is 0 Å². The van der Waals surface area contributed by atoms with Gasteiger partial charge in [-0.25, -0.2) is 8.42 Å². The molecule has 0 saturated carbocycles. The summed E-state index contributed by atoms with van der Waals surface area (Å²) in [6, 6.07) is 8.09. The lowest BCUT2D eigenvalue weighted by molar-refractivity contribution is 0.346. The zero-order valence-corrected chi connectivity index (χ0v) is 15.1. The van der Waals surface area contributed by atoms with Gasteiger partial charge in [0.15, 0.2) is 0 Å². The van der Waals surface area contributed by atoms with E-state index in [0.717, 1.165) is 10.6 Å². The van der Waals surface area contributed by atoms with Gasteiger partial charge in [0.2, 0.25) is 14.4 Å². The van der Waals surface area contributed by atoms with E-state index in [1.807, 2.05) is 31.2 Å².